The summed E-state index contributed by atoms with van der Waals surface area (Å²) in [7, 11) is 0. The summed E-state index contributed by atoms with van der Waals surface area (Å²) < 4.78 is 6.17. The van der Waals surface area contributed by atoms with Crippen LogP contribution in [0.15, 0.2) is 96.0 Å². The predicted molar refractivity (Wildman–Crippen MR) is 124 cm³/mol. The van der Waals surface area contributed by atoms with Gasteiger partial charge in [-0.15, -0.1) is 28.7 Å². The number of nitrogens with zero attached hydrogens (tertiary/aromatic N) is 3. The first kappa shape index (κ1) is 20.6. The molecule has 2 aromatic heterocycles. The predicted octanol–water partition coefficient (Wildman–Crippen LogP) is 6.58. The van der Waals surface area contributed by atoms with Gasteiger partial charge in [0.15, 0.2) is 0 Å². The van der Waals surface area contributed by atoms with E-state index in [0.717, 1.165) is 55.7 Å². The van der Waals surface area contributed by atoms with E-state index in [1.54, 1.807) is 6.20 Å². The number of anilines is 3. The Morgan fingerprint density at radius 2 is 1.69 bits per heavy atom. The Hall–Kier alpha value is -3.27. The molecule has 1 aliphatic rings. The maximum absolute atomic E-state index is 6.17. The van der Waals surface area contributed by atoms with Gasteiger partial charge in [0.1, 0.15) is 11.6 Å². The molecule has 3 heterocycles. The van der Waals surface area contributed by atoms with E-state index in [1.165, 1.54) is 0 Å². The van der Waals surface area contributed by atoms with E-state index in [9.17, 15) is 0 Å². The van der Waals surface area contributed by atoms with E-state index < -0.39 is 0 Å². The number of ether oxygens (including phenoxy) is 1. The minimum Gasteiger partial charge on any atom is -0.778 e. The molecule has 156 valence electrons. The monoisotopic (exact) mass is 612 g/mol. The van der Waals surface area contributed by atoms with Crippen molar-refractivity contribution in [3.63, 3.8) is 0 Å². The topological polar surface area (TPSA) is 38.2 Å². The second kappa shape index (κ2) is 8.34. The van der Waals surface area contributed by atoms with Crippen molar-refractivity contribution in [1.82, 2.24) is 9.97 Å². The van der Waals surface area contributed by atoms with E-state index in [0.29, 0.717) is 0 Å². The van der Waals surface area contributed by atoms with Crippen LogP contribution in [0.1, 0.15) is 0 Å². The third-order valence-corrected chi connectivity index (χ3v) is 5.60. The molecule has 0 saturated carbocycles. The Bertz CT molecular complexity index is 1440. The second-order valence-electron chi connectivity index (χ2n) is 7.20. The normalized spacial score (nSPS) is 11.8. The quantitative estimate of drug-likeness (QED) is 0.163. The molecule has 0 N–H and O–H groups in total. The van der Waals surface area contributed by atoms with E-state index >= 15 is 0 Å². The van der Waals surface area contributed by atoms with E-state index in [2.05, 4.69) is 16.0 Å². The summed E-state index contributed by atoms with van der Waals surface area (Å²) in [5.41, 5.74) is 4.21. The average Bonchev–Trinajstić information content (AvgIpc) is 2.83. The standard InChI is InChI=1S/C26H16N3OS.Pt/c31-24-9-5-6-17-11-13-19(28-26(17)24)18-12-14-23-21(16-18)29(25-10-3-4-15-27-25)20-7-1-2-8-22(20)30-23;/h1-15,31H;/q-1;+2/p-1. The number of para-hydroxylation sites is 3. The fourth-order valence-corrected chi connectivity index (χ4v) is 4.07. The molecule has 3 aromatic carbocycles. The maximum Gasteiger partial charge on any atom is 2.00 e. The van der Waals surface area contributed by atoms with Crippen molar-refractivity contribution in [3.05, 3.63) is 97.2 Å². The summed E-state index contributed by atoms with van der Waals surface area (Å²) in [5.74, 6) is 2.30. The van der Waals surface area contributed by atoms with Gasteiger partial charge in [-0.25, -0.2) is 4.98 Å². The van der Waals surface area contributed by atoms with Crippen LogP contribution in [0.4, 0.5) is 17.2 Å². The van der Waals surface area contributed by atoms with Gasteiger partial charge >= 0.3 is 21.1 Å². The Labute approximate surface area is 205 Å². The van der Waals surface area contributed by atoms with Gasteiger partial charge in [0.2, 0.25) is 0 Å². The zero-order valence-corrected chi connectivity index (χ0v) is 19.7. The summed E-state index contributed by atoms with van der Waals surface area (Å²) in [5, 5.41) is 1.03. The Morgan fingerprint density at radius 3 is 2.56 bits per heavy atom. The van der Waals surface area contributed by atoms with Crippen LogP contribution < -0.4 is 9.64 Å². The maximum atomic E-state index is 6.17. The fourth-order valence-electron chi connectivity index (χ4n) is 3.83. The van der Waals surface area contributed by atoms with Gasteiger partial charge in [0.05, 0.1) is 11.4 Å². The van der Waals surface area contributed by atoms with Crippen LogP contribution in [0.3, 0.4) is 0 Å². The van der Waals surface area contributed by atoms with Crippen molar-refractivity contribution < 1.29 is 25.8 Å². The molecule has 0 saturated heterocycles. The molecule has 6 rings (SSSR count). The first-order valence-corrected chi connectivity index (χ1v) is 10.3. The van der Waals surface area contributed by atoms with Crippen LogP contribution in [-0.2, 0) is 33.7 Å². The van der Waals surface area contributed by atoms with Crippen LogP contribution in [0, 0.1) is 6.07 Å². The molecular weight excluding hydrogens is 597 g/mol. The minimum atomic E-state index is 0. The smallest absolute Gasteiger partial charge is 0.778 e. The third kappa shape index (κ3) is 3.44. The van der Waals surface area contributed by atoms with Crippen molar-refractivity contribution in [1.29, 1.82) is 0 Å². The summed E-state index contributed by atoms with van der Waals surface area (Å²) >= 11 is 5.48. The molecule has 32 heavy (non-hydrogen) atoms. The number of benzene rings is 3. The Kier molecular flexibility index (Phi) is 5.38. The van der Waals surface area contributed by atoms with Crippen molar-refractivity contribution in [2.24, 2.45) is 0 Å². The summed E-state index contributed by atoms with van der Waals surface area (Å²) in [6, 6.07) is 31.2. The van der Waals surface area contributed by atoms with Crippen molar-refractivity contribution in [2.45, 2.75) is 4.90 Å². The van der Waals surface area contributed by atoms with Gasteiger partial charge < -0.3 is 22.3 Å². The largest absolute Gasteiger partial charge is 2.00 e. The minimum absolute atomic E-state index is 0. The van der Waals surface area contributed by atoms with Gasteiger partial charge in [-0.1, -0.05) is 48.5 Å². The molecule has 5 aromatic rings. The fraction of sp³-hybridized carbons (Fsp3) is 0. The van der Waals surface area contributed by atoms with Crippen molar-refractivity contribution >= 4 is 40.7 Å². The van der Waals surface area contributed by atoms with Crippen LogP contribution in [0.5, 0.6) is 11.5 Å². The molecule has 6 heteroatoms. The average molecular weight is 613 g/mol. The number of pyridine rings is 2. The molecule has 4 nitrogen and oxygen atoms in total. The van der Waals surface area contributed by atoms with Crippen LogP contribution >= 0.6 is 0 Å². The third-order valence-electron chi connectivity index (χ3n) is 5.28. The van der Waals surface area contributed by atoms with Crippen molar-refractivity contribution in [2.75, 3.05) is 4.90 Å². The van der Waals surface area contributed by atoms with E-state index in [1.807, 2.05) is 84.9 Å². The van der Waals surface area contributed by atoms with Gasteiger partial charge in [-0.2, -0.15) is 0 Å². The van der Waals surface area contributed by atoms with Crippen LogP contribution in [0.25, 0.3) is 22.2 Å². The van der Waals surface area contributed by atoms with Gasteiger partial charge in [-0.3, -0.25) is 4.98 Å². The molecule has 0 radical (unpaired) electrons. The van der Waals surface area contributed by atoms with Gasteiger partial charge in [0.25, 0.3) is 0 Å². The summed E-state index contributed by atoms with van der Waals surface area (Å²) in [4.78, 5) is 12.2. The second-order valence-corrected chi connectivity index (χ2v) is 7.64. The van der Waals surface area contributed by atoms with Gasteiger partial charge in [0, 0.05) is 17.4 Å². The number of aromatic nitrogens is 2. The Morgan fingerprint density at radius 1 is 0.812 bits per heavy atom. The first-order valence-electron chi connectivity index (χ1n) is 9.89. The molecule has 0 bridgehead atoms. The van der Waals surface area contributed by atoms with Crippen LogP contribution in [-0.4, -0.2) is 9.97 Å². The molecule has 0 unspecified atom stereocenters. The van der Waals surface area contributed by atoms with E-state index in [-0.39, 0.29) is 21.1 Å². The first-order chi connectivity index (χ1) is 15.3. The molecule has 0 spiro atoms. The van der Waals surface area contributed by atoms with Crippen molar-refractivity contribution in [3.8, 4) is 22.8 Å². The number of rotatable bonds is 2. The van der Waals surface area contributed by atoms with Crippen LogP contribution in [0.2, 0.25) is 0 Å². The van der Waals surface area contributed by atoms with E-state index in [4.69, 9.17) is 22.3 Å². The number of fused-ring (bicyclic) bond motifs is 3. The summed E-state index contributed by atoms with van der Waals surface area (Å²) in [6.45, 7) is 0. The summed E-state index contributed by atoms with van der Waals surface area (Å²) in [6.07, 6.45) is 1.78. The molecule has 0 amide bonds. The number of hydrogen-bond acceptors (Lipinski definition) is 5. The molecule has 1 aliphatic heterocycles. The molecule has 0 aliphatic carbocycles. The zero-order chi connectivity index (χ0) is 20.8. The number of hydrogen-bond donors (Lipinski definition) is 0. The zero-order valence-electron chi connectivity index (χ0n) is 16.6. The van der Waals surface area contributed by atoms with Gasteiger partial charge in [-0.05, 0) is 35.3 Å². The SMILES string of the molecule is [Pt+2].[S-]c1cccc2ccc(-c3[c-]c4c(cc3)Oc3ccccc3N4c3ccccn3)nc12. The molecular formula is C26H15N3OPtS. The Balaban J connectivity index is 0.00000216. The molecule has 0 atom stereocenters. The molecule has 0 fully saturated rings.